The predicted octanol–water partition coefficient (Wildman–Crippen LogP) is 3.10. The monoisotopic (exact) mass is 280 g/mol. The Morgan fingerprint density at radius 2 is 1.67 bits per heavy atom. The van der Waals surface area contributed by atoms with Crippen LogP contribution in [0.25, 0.3) is 0 Å². The smallest absolute Gasteiger partial charge is 0.0827 e. The minimum atomic E-state index is -1.25. The molecule has 0 aromatic heterocycles. The number of carboxylic acid groups (broad SMARTS) is 1. The van der Waals surface area contributed by atoms with Crippen LogP contribution in [0.4, 0.5) is 11.4 Å². The number of carbonyl (C=O) groups excluding carboxylic acids is 1. The van der Waals surface area contributed by atoms with Crippen molar-refractivity contribution in [2.75, 3.05) is 5.32 Å². The van der Waals surface area contributed by atoms with Gasteiger partial charge < -0.3 is 15.2 Å². The number of hydrogen-bond acceptors (Lipinski definition) is 3. The first kappa shape index (κ1) is 12.7. The highest BCUT2D eigenvalue weighted by Gasteiger charge is 2.07. The Balaban J connectivity index is 2.40. The van der Waals surface area contributed by atoms with E-state index in [1.165, 1.54) is 6.07 Å². The van der Waals surface area contributed by atoms with Crippen LogP contribution < -0.4 is 10.4 Å². The van der Waals surface area contributed by atoms with E-state index >= 15 is 0 Å². The molecule has 0 unspecified atom stereocenters. The summed E-state index contributed by atoms with van der Waals surface area (Å²) in [5.41, 5.74) is 1.01. The minimum absolute atomic E-state index is 0.0635. The van der Waals surface area contributed by atoms with Gasteiger partial charge in [0.15, 0.2) is 0 Å². The number of hydrogen-bond donors (Lipinski definition) is 1. The molecule has 0 aliphatic carbocycles. The average Bonchev–Trinajstić information content (AvgIpc) is 2.35. The molecule has 92 valence electrons. The standard InChI is InChI=1S/C13H9Cl2NO2/c14-9-5-3-7-11(12(9)15)16-10-6-2-1-4-8(10)13(17)18/h1-7,16H,(H,17,18)/p-1. The highest BCUT2D eigenvalue weighted by molar-refractivity contribution is 6.43. The van der Waals surface area contributed by atoms with Crippen molar-refractivity contribution in [1.29, 1.82) is 0 Å². The lowest BCUT2D eigenvalue weighted by atomic mass is 10.1. The van der Waals surface area contributed by atoms with Crippen molar-refractivity contribution < 1.29 is 9.90 Å². The van der Waals surface area contributed by atoms with E-state index < -0.39 is 5.97 Å². The third-order valence-electron chi connectivity index (χ3n) is 2.37. The molecule has 0 aliphatic heterocycles. The van der Waals surface area contributed by atoms with Gasteiger partial charge in [-0.05, 0) is 18.2 Å². The molecule has 18 heavy (non-hydrogen) atoms. The van der Waals surface area contributed by atoms with Crippen molar-refractivity contribution in [1.82, 2.24) is 0 Å². The van der Waals surface area contributed by atoms with E-state index in [1.54, 1.807) is 36.4 Å². The van der Waals surface area contributed by atoms with Crippen LogP contribution in [-0.2, 0) is 0 Å². The molecule has 0 saturated heterocycles. The molecule has 2 rings (SSSR count). The van der Waals surface area contributed by atoms with Crippen LogP contribution in [-0.4, -0.2) is 5.97 Å². The van der Waals surface area contributed by atoms with Crippen LogP contribution in [0.15, 0.2) is 42.5 Å². The largest absolute Gasteiger partial charge is 0.545 e. The number of carbonyl (C=O) groups is 1. The van der Waals surface area contributed by atoms with Gasteiger partial charge in [0, 0.05) is 11.3 Å². The zero-order valence-electron chi connectivity index (χ0n) is 9.11. The molecule has 0 radical (unpaired) electrons. The zero-order chi connectivity index (χ0) is 13.1. The van der Waals surface area contributed by atoms with Gasteiger partial charge in [-0.2, -0.15) is 0 Å². The molecule has 0 atom stereocenters. The van der Waals surface area contributed by atoms with Crippen LogP contribution in [0.1, 0.15) is 10.4 Å². The normalized spacial score (nSPS) is 10.1. The third kappa shape index (κ3) is 2.58. The summed E-state index contributed by atoms with van der Waals surface area (Å²) in [4.78, 5) is 11.0. The van der Waals surface area contributed by atoms with E-state index in [9.17, 15) is 9.90 Å². The maximum absolute atomic E-state index is 11.0. The molecular weight excluding hydrogens is 273 g/mol. The SMILES string of the molecule is O=C([O-])c1ccccc1Nc1cccc(Cl)c1Cl. The molecule has 0 amide bonds. The third-order valence-corrected chi connectivity index (χ3v) is 3.19. The van der Waals surface area contributed by atoms with Crippen LogP contribution >= 0.6 is 23.2 Å². The lowest BCUT2D eigenvalue weighted by Gasteiger charge is -2.14. The van der Waals surface area contributed by atoms with Gasteiger partial charge >= 0.3 is 0 Å². The van der Waals surface area contributed by atoms with Crippen molar-refractivity contribution in [2.45, 2.75) is 0 Å². The first-order chi connectivity index (χ1) is 8.59. The van der Waals surface area contributed by atoms with Crippen molar-refractivity contribution in [2.24, 2.45) is 0 Å². The van der Waals surface area contributed by atoms with Crippen LogP contribution in [0, 0.1) is 0 Å². The average molecular weight is 281 g/mol. The number of halogens is 2. The number of carboxylic acids is 1. The van der Waals surface area contributed by atoms with Gasteiger partial charge in [-0.15, -0.1) is 0 Å². The highest BCUT2D eigenvalue weighted by atomic mass is 35.5. The fraction of sp³-hybridized carbons (Fsp3) is 0. The Morgan fingerprint density at radius 3 is 2.39 bits per heavy atom. The van der Waals surface area contributed by atoms with Gasteiger partial charge in [-0.1, -0.05) is 47.5 Å². The summed E-state index contributed by atoms with van der Waals surface area (Å²) in [6.45, 7) is 0. The highest BCUT2D eigenvalue weighted by Crippen LogP contribution is 2.32. The van der Waals surface area contributed by atoms with E-state index in [4.69, 9.17) is 23.2 Å². The van der Waals surface area contributed by atoms with Crippen molar-refractivity contribution >= 4 is 40.5 Å². The van der Waals surface area contributed by atoms with E-state index in [-0.39, 0.29) is 5.56 Å². The summed E-state index contributed by atoms with van der Waals surface area (Å²) < 4.78 is 0. The maximum Gasteiger partial charge on any atom is 0.0827 e. The number of benzene rings is 2. The second-order valence-electron chi connectivity index (χ2n) is 3.56. The molecule has 5 heteroatoms. The fourth-order valence-electron chi connectivity index (χ4n) is 1.52. The van der Waals surface area contributed by atoms with Crippen molar-refractivity contribution in [3.8, 4) is 0 Å². The Kier molecular flexibility index (Phi) is 3.75. The molecule has 0 fully saturated rings. The molecule has 3 nitrogen and oxygen atoms in total. The summed E-state index contributed by atoms with van der Waals surface area (Å²) in [6, 6.07) is 11.5. The molecule has 0 bridgehead atoms. The number of para-hydroxylation sites is 1. The summed E-state index contributed by atoms with van der Waals surface area (Å²) in [5, 5.41) is 14.6. The van der Waals surface area contributed by atoms with E-state index in [1.807, 2.05) is 0 Å². The first-order valence-electron chi connectivity index (χ1n) is 5.11. The number of anilines is 2. The van der Waals surface area contributed by atoms with Crippen molar-refractivity contribution in [3.05, 3.63) is 58.1 Å². The molecular formula is C13H8Cl2NO2-. The molecule has 0 aliphatic rings. The zero-order valence-corrected chi connectivity index (χ0v) is 10.6. The van der Waals surface area contributed by atoms with E-state index in [0.717, 1.165) is 0 Å². The molecule has 2 aromatic carbocycles. The summed E-state index contributed by atoms with van der Waals surface area (Å²) >= 11 is 11.9. The van der Waals surface area contributed by atoms with Gasteiger partial charge in [-0.3, -0.25) is 0 Å². The van der Waals surface area contributed by atoms with E-state index in [0.29, 0.717) is 21.4 Å². The van der Waals surface area contributed by atoms with Crippen LogP contribution in [0.3, 0.4) is 0 Å². The first-order valence-corrected chi connectivity index (χ1v) is 5.86. The van der Waals surface area contributed by atoms with Crippen molar-refractivity contribution in [3.63, 3.8) is 0 Å². The molecule has 0 heterocycles. The minimum Gasteiger partial charge on any atom is -0.545 e. The Labute approximate surface area is 114 Å². The topological polar surface area (TPSA) is 52.2 Å². The fourth-order valence-corrected chi connectivity index (χ4v) is 1.86. The summed E-state index contributed by atoms with van der Waals surface area (Å²) in [7, 11) is 0. The second-order valence-corrected chi connectivity index (χ2v) is 4.34. The Morgan fingerprint density at radius 1 is 1.00 bits per heavy atom. The quantitative estimate of drug-likeness (QED) is 0.940. The molecule has 0 saturated carbocycles. The second kappa shape index (κ2) is 5.29. The van der Waals surface area contributed by atoms with Crippen LogP contribution in [0.2, 0.25) is 10.0 Å². The number of aromatic carboxylic acids is 1. The summed E-state index contributed by atoms with van der Waals surface area (Å²) in [5.74, 6) is -1.25. The Hall–Kier alpha value is -1.71. The summed E-state index contributed by atoms with van der Waals surface area (Å²) in [6.07, 6.45) is 0. The van der Waals surface area contributed by atoms with E-state index in [2.05, 4.69) is 5.32 Å². The van der Waals surface area contributed by atoms with Gasteiger partial charge in [0.1, 0.15) is 0 Å². The maximum atomic E-state index is 11.0. The predicted molar refractivity (Wildman–Crippen MR) is 70.5 cm³/mol. The molecule has 2 aromatic rings. The molecule has 0 spiro atoms. The molecule has 1 N–H and O–H groups in total. The lowest BCUT2D eigenvalue weighted by Crippen LogP contribution is -2.23. The number of nitrogens with one attached hydrogen (secondary N) is 1. The lowest BCUT2D eigenvalue weighted by molar-refractivity contribution is -0.254. The Bertz CT molecular complexity index is 599. The van der Waals surface area contributed by atoms with Gasteiger partial charge in [0.05, 0.1) is 21.7 Å². The van der Waals surface area contributed by atoms with Gasteiger partial charge in [-0.25, -0.2) is 0 Å². The van der Waals surface area contributed by atoms with Gasteiger partial charge in [0.2, 0.25) is 0 Å². The van der Waals surface area contributed by atoms with Crippen LogP contribution in [0.5, 0.6) is 0 Å². The number of rotatable bonds is 3. The van der Waals surface area contributed by atoms with Gasteiger partial charge in [0.25, 0.3) is 0 Å².